The molecule has 0 spiro atoms. The highest BCUT2D eigenvalue weighted by atomic mass is 16.5. The molecule has 0 radical (unpaired) electrons. The van der Waals surface area contributed by atoms with Crippen LogP contribution < -0.4 is 0 Å². The van der Waals surface area contributed by atoms with Crippen molar-refractivity contribution in [2.75, 3.05) is 19.8 Å². The van der Waals surface area contributed by atoms with E-state index in [0.29, 0.717) is 6.61 Å². The molecule has 16 heavy (non-hydrogen) atoms. The maximum atomic E-state index is 9.53. The molecule has 0 atom stereocenters. The molecule has 96 valence electrons. The molecule has 1 fully saturated rings. The van der Waals surface area contributed by atoms with Crippen molar-refractivity contribution < 1.29 is 9.84 Å². The number of unbranched alkanes of at least 4 members (excludes halogenated alkanes) is 5. The molecule has 0 saturated carbocycles. The zero-order chi connectivity index (χ0) is 11.7. The molecular weight excluding hydrogens is 200 g/mol. The van der Waals surface area contributed by atoms with Crippen molar-refractivity contribution in [3.8, 4) is 0 Å². The predicted octanol–water partition coefficient (Wildman–Crippen LogP) is 3.53. The summed E-state index contributed by atoms with van der Waals surface area (Å²) in [7, 11) is 0. The Bertz CT molecular complexity index is 162. The van der Waals surface area contributed by atoms with Crippen LogP contribution in [0.1, 0.15) is 64.7 Å². The minimum atomic E-state index is 0.197. The van der Waals surface area contributed by atoms with Crippen LogP contribution in [0.2, 0.25) is 0 Å². The smallest absolute Gasteiger partial charge is 0.0489 e. The molecule has 0 amide bonds. The summed E-state index contributed by atoms with van der Waals surface area (Å²) >= 11 is 0. The second kappa shape index (κ2) is 8.08. The Morgan fingerprint density at radius 3 is 2.25 bits per heavy atom. The largest absolute Gasteiger partial charge is 0.396 e. The van der Waals surface area contributed by atoms with E-state index in [2.05, 4.69) is 6.92 Å². The van der Waals surface area contributed by atoms with E-state index in [4.69, 9.17) is 4.74 Å². The molecule has 1 heterocycles. The monoisotopic (exact) mass is 228 g/mol. The molecule has 2 nitrogen and oxygen atoms in total. The second-order valence-electron chi connectivity index (χ2n) is 5.29. The minimum Gasteiger partial charge on any atom is -0.396 e. The Balaban J connectivity index is 2.08. The van der Waals surface area contributed by atoms with E-state index in [-0.39, 0.29) is 5.41 Å². The highest BCUT2D eigenvalue weighted by Gasteiger charge is 2.30. The van der Waals surface area contributed by atoms with Gasteiger partial charge in [0.05, 0.1) is 0 Å². The fourth-order valence-corrected chi connectivity index (χ4v) is 2.57. The van der Waals surface area contributed by atoms with Gasteiger partial charge in [-0.3, -0.25) is 0 Å². The normalized spacial score (nSPS) is 19.9. The first-order chi connectivity index (χ1) is 7.83. The summed E-state index contributed by atoms with van der Waals surface area (Å²) in [6.45, 7) is 4.29. The number of ether oxygens (including phenoxy) is 1. The number of hydrogen-bond donors (Lipinski definition) is 1. The van der Waals surface area contributed by atoms with Gasteiger partial charge in [-0.05, 0) is 24.7 Å². The van der Waals surface area contributed by atoms with Crippen LogP contribution in [-0.2, 0) is 4.74 Å². The zero-order valence-electron chi connectivity index (χ0n) is 10.8. The fraction of sp³-hybridized carbons (Fsp3) is 1.00. The van der Waals surface area contributed by atoms with E-state index < -0.39 is 0 Å². The van der Waals surface area contributed by atoms with Gasteiger partial charge in [0.1, 0.15) is 0 Å². The molecule has 1 N–H and O–H groups in total. The Morgan fingerprint density at radius 2 is 1.62 bits per heavy atom. The van der Waals surface area contributed by atoms with E-state index in [9.17, 15) is 5.11 Å². The molecule has 1 aliphatic rings. The van der Waals surface area contributed by atoms with Crippen molar-refractivity contribution in [3.63, 3.8) is 0 Å². The van der Waals surface area contributed by atoms with E-state index in [0.717, 1.165) is 26.1 Å². The Kier molecular flexibility index (Phi) is 7.06. The van der Waals surface area contributed by atoms with Gasteiger partial charge in [-0.25, -0.2) is 0 Å². The Hall–Kier alpha value is -0.0800. The van der Waals surface area contributed by atoms with Crippen molar-refractivity contribution in [1.29, 1.82) is 0 Å². The van der Waals surface area contributed by atoms with E-state index in [1.807, 2.05) is 0 Å². The number of aliphatic hydroxyl groups excluding tert-OH is 1. The van der Waals surface area contributed by atoms with Crippen molar-refractivity contribution in [2.45, 2.75) is 64.7 Å². The van der Waals surface area contributed by atoms with Gasteiger partial charge in [0, 0.05) is 19.8 Å². The van der Waals surface area contributed by atoms with Crippen LogP contribution in [0, 0.1) is 5.41 Å². The first-order valence-corrected chi connectivity index (χ1v) is 7.01. The van der Waals surface area contributed by atoms with E-state index in [1.54, 1.807) is 0 Å². The zero-order valence-corrected chi connectivity index (χ0v) is 10.8. The maximum absolute atomic E-state index is 9.53. The summed E-state index contributed by atoms with van der Waals surface area (Å²) < 4.78 is 5.37. The third kappa shape index (κ3) is 4.84. The van der Waals surface area contributed by atoms with Crippen LogP contribution >= 0.6 is 0 Å². The molecule has 1 rings (SSSR count). The highest BCUT2D eigenvalue weighted by molar-refractivity contribution is 4.81. The number of hydrogen-bond acceptors (Lipinski definition) is 2. The molecular formula is C14H28O2. The lowest BCUT2D eigenvalue weighted by molar-refractivity contribution is -0.0218. The first kappa shape index (κ1) is 14.0. The van der Waals surface area contributed by atoms with Gasteiger partial charge in [0.2, 0.25) is 0 Å². The molecule has 0 aromatic rings. The van der Waals surface area contributed by atoms with Crippen molar-refractivity contribution in [1.82, 2.24) is 0 Å². The van der Waals surface area contributed by atoms with Gasteiger partial charge in [0.15, 0.2) is 0 Å². The third-order valence-electron chi connectivity index (χ3n) is 3.95. The molecule has 1 aliphatic heterocycles. The molecule has 0 aromatic carbocycles. The lowest BCUT2D eigenvalue weighted by atomic mass is 9.76. The van der Waals surface area contributed by atoms with Gasteiger partial charge >= 0.3 is 0 Å². The Morgan fingerprint density at radius 1 is 1.00 bits per heavy atom. The standard InChI is InChI=1S/C14H28O2/c1-2-3-4-5-6-7-8-14(13-15)9-11-16-12-10-14/h15H,2-13H2,1H3. The molecule has 2 heteroatoms. The van der Waals surface area contributed by atoms with Crippen LogP contribution in [0.5, 0.6) is 0 Å². The maximum Gasteiger partial charge on any atom is 0.0489 e. The average molecular weight is 228 g/mol. The lowest BCUT2D eigenvalue weighted by Gasteiger charge is -2.35. The first-order valence-electron chi connectivity index (χ1n) is 7.01. The quantitative estimate of drug-likeness (QED) is 0.644. The third-order valence-corrected chi connectivity index (χ3v) is 3.95. The fourth-order valence-electron chi connectivity index (χ4n) is 2.57. The summed E-state index contributed by atoms with van der Waals surface area (Å²) in [4.78, 5) is 0. The van der Waals surface area contributed by atoms with Crippen molar-refractivity contribution in [3.05, 3.63) is 0 Å². The van der Waals surface area contributed by atoms with Gasteiger partial charge in [-0.2, -0.15) is 0 Å². The van der Waals surface area contributed by atoms with Gasteiger partial charge in [0.25, 0.3) is 0 Å². The number of aliphatic hydroxyl groups is 1. The van der Waals surface area contributed by atoms with Crippen molar-refractivity contribution >= 4 is 0 Å². The summed E-state index contributed by atoms with van der Waals surface area (Å²) in [5.74, 6) is 0. The summed E-state index contributed by atoms with van der Waals surface area (Å²) in [6.07, 6.45) is 11.4. The topological polar surface area (TPSA) is 29.5 Å². The van der Waals surface area contributed by atoms with Gasteiger partial charge in [-0.15, -0.1) is 0 Å². The van der Waals surface area contributed by atoms with Crippen LogP contribution in [0.15, 0.2) is 0 Å². The second-order valence-corrected chi connectivity index (χ2v) is 5.29. The van der Waals surface area contributed by atoms with E-state index >= 15 is 0 Å². The summed E-state index contributed by atoms with van der Waals surface area (Å²) in [6, 6.07) is 0. The molecule has 0 unspecified atom stereocenters. The van der Waals surface area contributed by atoms with Crippen LogP contribution in [-0.4, -0.2) is 24.9 Å². The van der Waals surface area contributed by atoms with Gasteiger partial charge in [-0.1, -0.05) is 45.4 Å². The van der Waals surface area contributed by atoms with Gasteiger partial charge < -0.3 is 9.84 Å². The minimum absolute atomic E-state index is 0.197. The van der Waals surface area contributed by atoms with Crippen LogP contribution in [0.3, 0.4) is 0 Å². The molecule has 0 aromatic heterocycles. The summed E-state index contributed by atoms with van der Waals surface area (Å²) in [5, 5.41) is 9.53. The predicted molar refractivity (Wildman–Crippen MR) is 67.6 cm³/mol. The molecule has 1 saturated heterocycles. The van der Waals surface area contributed by atoms with E-state index in [1.165, 1.54) is 44.9 Å². The molecule has 0 bridgehead atoms. The van der Waals surface area contributed by atoms with Crippen LogP contribution in [0.25, 0.3) is 0 Å². The van der Waals surface area contributed by atoms with Crippen molar-refractivity contribution in [2.24, 2.45) is 5.41 Å². The average Bonchev–Trinajstić information content (AvgIpc) is 2.35. The summed E-state index contributed by atoms with van der Waals surface area (Å²) in [5.41, 5.74) is 0.197. The highest BCUT2D eigenvalue weighted by Crippen LogP contribution is 2.35. The molecule has 0 aliphatic carbocycles. The SMILES string of the molecule is CCCCCCCCC1(CO)CCOCC1. The number of rotatable bonds is 8. The van der Waals surface area contributed by atoms with Crippen LogP contribution in [0.4, 0.5) is 0 Å². The Labute approximate surface area is 100 Å². The lowest BCUT2D eigenvalue weighted by Crippen LogP contribution is -2.32.